The van der Waals surface area contributed by atoms with Crippen LogP contribution in [-0.4, -0.2) is 24.0 Å². The SMILES string of the molecule is O=C1Nc2ncccc2C12Cc1ccc(N3CCCC3)cc1C2. The van der Waals surface area contributed by atoms with E-state index in [4.69, 9.17) is 0 Å². The van der Waals surface area contributed by atoms with Gasteiger partial charge in [-0.05, 0) is 55.0 Å². The molecule has 3 heterocycles. The monoisotopic (exact) mass is 305 g/mol. The highest BCUT2D eigenvalue weighted by molar-refractivity contribution is 6.06. The second-order valence-electron chi connectivity index (χ2n) is 6.94. The topological polar surface area (TPSA) is 45.2 Å². The second kappa shape index (κ2) is 4.57. The fraction of sp³-hybridized carbons (Fsp3) is 0.368. The van der Waals surface area contributed by atoms with Gasteiger partial charge < -0.3 is 10.2 Å². The van der Waals surface area contributed by atoms with Gasteiger partial charge in [0.2, 0.25) is 5.91 Å². The summed E-state index contributed by atoms with van der Waals surface area (Å²) >= 11 is 0. The first-order valence-electron chi connectivity index (χ1n) is 8.40. The second-order valence-corrected chi connectivity index (χ2v) is 6.94. The maximum Gasteiger partial charge on any atom is 0.237 e. The Kier molecular flexibility index (Phi) is 2.61. The fourth-order valence-corrected chi connectivity index (χ4v) is 4.43. The number of pyridine rings is 1. The standard InChI is InChI=1S/C19H19N3O/c23-18-19(16-4-3-7-20-17(16)21-18)11-13-5-6-15(10-14(13)12-19)22-8-1-2-9-22/h3-7,10H,1-2,8-9,11-12H2,(H,20,21,23). The van der Waals surface area contributed by atoms with Gasteiger partial charge in [-0.1, -0.05) is 12.1 Å². The largest absolute Gasteiger partial charge is 0.372 e. The molecule has 0 bridgehead atoms. The van der Waals surface area contributed by atoms with Crippen LogP contribution in [0.3, 0.4) is 0 Å². The van der Waals surface area contributed by atoms with Gasteiger partial charge in [0.25, 0.3) is 0 Å². The Balaban J connectivity index is 1.55. The number of amides is 1. The average molecular weight is 305 g/mol. The molecule has 3 aliphatic rings. The van der Waals surface area contributed by atoms with Crippen LogP contribution in [0.25, 0.3) is 0 Å². The molecule has 1 atom stereocenters. The van der Waals surface area contributed by atoms with E-state index < -0.39 is 5.41 Å². The molecule has 1 spiro atoms. The first-order valence-corrected chi connectivity index (χ1v) is 8.40. The van der Waals surface area contributed by atoms with Crippen LogP contribution >= 0.6 is 0 Å². The Hall–Kier alpha value is -2.36. The molecule has 1 aromatic carbocycles. The zero-order chi connectivity index (χ0) is 15.4. The summed E-state index contributed by atoms with van der Waals surface area (Å²) in [6, 6.07) is 10.7. The summed E-state index contributed by atoms with van der Waals surface area (Å²) in [4.78, 5) is 19.5. The zero-order valence-corrected chi connectivity index (χ0v) is 13.0. The van der Waals surface area contributed by atoms with Crippen LogP contribution in [0, 0.1) is 0 Å². The highest BCUT2D eigenvalue weighted by Gasteiger charge is 2.51. The number of carbonyl (C=O) groups is 1. The smallest absolute Gasteiger partial charge is 0.237 e. The third-order valence-electron chi connectivity index (χ3n) is 5.64. The van der Waals surface area contributed by atoms with Crippen molar-refractivity contribution in [1.29, 1.82) is 0 Å². The van der Waals surface area contributed by atoms with E-state index in [1.54, 1.807) is 6.20 Å². The number of carbonyl (C=O) groups excluding carboxylic acids is 1. The van der Waals surface area contributed by atoms with E-state index in [1.165, 1.54) is 29.7 Å². The minimum absolute atomic E-state index is 0.102. The summed E-state index contributed by atoms with van der Waals surface area (Å²) in [5.41, 5.74) is 4.54. The lowest BCUT2D eigenvalue weighted by Gasteiger charge is -2.20. The minimum Gasteiger partial charge on any atom is -0.372 e. The quantitative estimate of drug-likeness (QED) is 0.881. The van der Waals surface area contributed by atoms with E-state index in [0.29, 0.717) is 0 Å². The lowest BCUT2D eigenvalue weighted by Crippen LogP contribution is -2.35. The lowest BCUT2D eigenvalue weighted by atomic mass is 9.79. The van der Waals surface area contributed by atoms with Crippen molar-refractivity contribution in [3.05, 3.63) is 53.2 Å². The van der Waals surface area contributed by atoms with Gasteiger partial charge in [-0.15, -0.1) is 0 Å². The van der Waals surface area contributed by atoms with E-state index in [2.05, 4.69) is 33.4 Å². The first-order chi connectivity index (χ1) is 11.3. The number of hydrogen-bond acceptors (Lipinski definition) is 3. The van der Waals surface area contributed by atoms with Crippen molar-refractivity contribution in [3.63, 3.8) is 0 Å². The molecule has 0 radical (unpaired) electrons. The van der Waals surface area contributed by atoms with Crippen LogP contribution in [-0.2, 0) is 23.1 Å². The van der Waals surface area contributed by atoms with Crippen molar-refractivity contribution in [2.24, 2.45) is 0 Å². The van der Waals surface area contributed by atoms with E-state index >= 15 is 0 Å². The Morgan fingerprint density at radius 2 is 1.91 bits per heavy atom. The number of fused-ring (bicyclic) bond motifs is 3. The van der Waals surface area contributed by atoms with Gasteiger partial charge in [0.15, 0.2) is 0 Å². The third kappa shape index (κ3) is 1.78. The minimum atomic E-state index is -0.449. The summed E-state index contributed by atoms with van der Waals surface area (Å²) in [5, 5.41) is 2.97. The van der Waals surface area contributed by atoms with Crippen LogP contribution in [0.2, 0.25) is 0 Å². The van der Waals surface area contributed by atoms with Crippen molar-refractivity contribution >= 4 is 17.4 Å². The van der Waals surface area contributed by atoms with Gasteiger partial charge in [-0.25, -0.2) is 4.98 Å². The van der Waals surface area contributed by atoms with E-state index in [9.17, 15) is 4.79 Å². The van der Waals surface area contributed by atoms with Crippen molar-refractivity contribution in [1.82, 2.24) is 4.98 Å². The van der Waals surface area contributed by atoms with Gasteiger partial charge in [-0.3, -0.25) is 4.79 Å². The first kappa shape index (κ1) is 13.1. The molecule has 2 aliphatic heterocycles. The molecule has 1 unspecified atom stereocenters. The third-order valence-corrected chi connectivity index (χ3v) is 5.64. The van der Waals surface area contributed by atoms with Gasteiger partial charge in [-0.2, -0.15) is 0 Å². The molecular weight excluding hydrogens is 286 g/mol. The number of anilines is 2. The van der Waals surface area contributed by atoms with Gasteiger partial charge in [0, 0.05) is 30.5 Å². The summed E-state index contributed by atoms with van der Waals surface area (Å²) in [6.45, 7) is 2.30. The van der Waals surface area contributed by atoms with Crippen LogP contribution in [0.15, 0.2) is 36.5 Å². The van der Waals surface area contributed by atoms with Crippen molar-refractivity contribution < 1.29 is 4.79 Å². The van der Waals surface area contributed by atoms with E-state index in [-0.39, 0.29) is 5.91 Å². The van der Waals surface area contributed by atoms with Gasteiger partial charge in [0.1, 0.15) is 5.82 Å². The number of nitrogens with zero attached hydrogens (tertiary/aromatic N) is 2. The molecule has 1 saturated heterocycles. The van der Waals surface area contributed by atoms with Crippen LogP contribution in [0.5, 0.6) is 0 Å². The highest BCUT2D eigenvalue weighted by atomic mass is 16.2. The summed E-state index contributed by atoms with van der Waals surface area (Å²) < 4.78 is 0. The fourth-order valence-electron chi connectivity index (χ4n) is 4.43. The molecule has 4 nitrogen and oxygen atoms in total. The summed E-state index contributed by atoms with van der Waals surface area (Å²) in [5.74, 6) is 0.843. The van der Waals surface area contributed by atoms with Gasteiger partial charge in [0.05, 0.1) is 5.41 Å². The maximum absolute atomic E-state index is 12.7. The predicted octanol–water partition coefficient (Wildman–Crippen LogP) is 2.67. The highest BCUT2D eigenvalue weighted by Crippen LogP contribution is 2.47. The van der Waals surface area contributed by atoms with Crippen molar-refractivity contribution in [2.45, 2.75) is 31.1 Å². The molecule has 1 N–H and O–H groups in total. The summed E-state index contributed by atoms with van der Waals surface area (Å²) in [7, 11) is 0. The summed E-state index contributed by atoms with van der Waals surface area (Å²) in [6.07, 6.45) is 5.87. The Morgan fingerprint density at radius 3 is 2.78 bits per heavy atom. The predicted molar refractivity (Wildman–Crippen MR) is 89.8 cm³/mol. The Labute approximate surface area is 135 Å². The molecule has 1 amide bonds. The maximum atomic E-state index is 12.7. The molecule has 2 aromatic rings. The molecule has 116 valence electrons. The molecule has 1 aliphatic carbocycles. The number of hydrogen-bond donors (Lipinski definition) is 1. The Bertz CT molecular complexity index is 810. The number of benzene rings is 1. The number of nitrogens with one attached hydrogen (secondary N) is 1. The van der Waals surface area contributed by atoms with E-state index in [0.717, 1.165) is 37.3 Å². The molecular formula is C19H19N3O. The van der Waals surface area contributed by atoms with Crippen molar-refractivity contribution in [3.8, 4) is 0 Å². The van der Waals surface area contributed by atoms with Crippen LogP contribution in [0.4, 0.5) is 11.5 Å². The normalized spacial score (nSPS) is 24.9. The molecule has 0 saturated carbocycles. The molecule has 5 rings (SSSR count). The number of rotatable bonds is 1. The zero-order valence-electron chi connectivity index (χ0n) is 13.0. The van der Waals surface area contributed by atoms with Gasteiger partial charge >= 0.3 is 0 Å². The van der Waals surface area contributed by atoms with Crippen molar-refractivity contribution in [2.75, 3.05) is 23.3 Å². The molecule has 4 heteroatoms. The average Bonchev–Trinajstić information content (AvgIpc) is 3.27. The lowest BCUT2D eigenvalue weighted by molar-refractivity contribution is -0.120. The molecule has 23 heavy (non-hydrogen) atoms. The molecule has 1 fully saturated rings. The van der Waals surface area contributed by atoms with Crippen LogP contribution in [0.1, 0.15) is 29.5 Å². The molecule has 1 aromatic heterocycles. The van der Waals surface area contributed by atoms with E-state index in [1.807, 2.05) is 12.1 Å². The van der Waals surface area contributed by atoms with Crippen LogP contribution < -0.4 is 10.2 Å². The number of aromatic nitrogens is 1. The Morgan fingerprint density at radius 1 is 1.09 bits per heavy atom.